The number of aliphatic hydroxyl groups is 1. The topological polar surface area (TPSA) is 66.4 Å². The highest BCUT2D eigenvalue weighted by Gasteiger charge is 2.06. The van der Waals surface area contributed by atoms with E-state index in [1.165, 1.54) is 0 Å². The van der Waals surface area contributed by atoms with Gasteiger partial charge in [0.25, 0.3) is 0 Å². The largest absolute Gasteiger partial charge is 0.395 e. The average molecular weight is 193 g/mol. The predicted molar refractivity (Wildman–Crippen MR) is 48.3 cm³/mol. The van der Waals surface area contributed by atoms with Crippen LogP contribution in [0.1, 0.15) is 13.3 Å². The summed E-state index contributed by atoms with van der Waals surface area (Å²) in [5.41, 5.74) is 0. The molecular weight excluding hydrogens is 178 g/mol. The van der Waals surface area contributed by atoms with E-state index in [0.717, 1.165) is 0 Å². The molecule has 72 valence electrons. The third kappa shape index (κ3) is 6.33. The lowest BCUT2D eigenvalue weighted by Crippen LogP contribution is -2.28. The van der Waals surface area contributed by atoms with E-state index in [2.05, 4.69) is 4.72 Å². The summed E-state index contributed by atoms with van der Waals surface area (Å²) in [6.45, 7) is 1.94. The van der Waals surface area contributed by atoms with E-state index in [0.29, 0.717) is 13.0 Å². The fourth-order valence-electron chi connectivity index (χ4n) is 0.657. The van der Waals surface area contributed by atoms with Crippen LogP contribution in [-0.4, -0.2) is 32.4 Å². The Hall–Kier alpha value is -0.390. The second-order valence-corrected chi connectivity index (χ2v) is 4.22. The molecule has 0 aliphatic rings. The van der Waals surface area contributed by atoms with Crippen molar-refractivity contribution in [3.8, 4) is 0 Å². The quantitative estimate of drug-likeness (QED) is 0.456. The summed E-state index contributed by atoms with van der Waals surface area (Å²) in [6.07, 6.45) is 4.42. The molecule has 0 fully saturated rings. The molecule has 4 nitrogen and oxygen atoms in total. The Balaban J connectivity index is 3.62. The number of hydrogen-bond acceptors (Lipinski definition) is 3. The van der Waals surface area contributed by atoms with Crippen LogP contribution in [0.15, 0.2) is 12.2 Å². The predicted octanol–water partition coefficient (Wildman–Crippen LogP) is -0.136. The van der Waals surface area contributed by atoms with Gasteiger partial charge >= 0.3 is 0 Å². The molecule has 0 aliphatic carbocycles. The number of rotatable bonds is 6. The fraction of sp³-hybridized carbons (Fsp3) is 0.714. The molecular formula is C7H15NO3S. The molecule has 0 spiro atoms. The SMILES string of the molecule is C/C=C/CCNS(=O)(=O)CCO. The lowest BCUT2D eigenvalue weighted by Gasteiger charge is -2.02. The van der Waals surface area contributed by atoms with Crippen molar-refractivity contribution in [1.82, 2.24) is 4.72 Å². The second-order valence-electron chi connectivity index (χ2n) is 2.29. The van der Waals surface area contributed by atoms with Crippen molar-refractivity contribution in [2.45, 2.75) is 13.3 Å². The van der Waals surface area contributed by atoms with Crippen molar-refractivity contribution in [2.75, 3.05) is 18.9 Å². The third-order valence-electron chi connectivity index (χ3n) is 1.23. The summed E-state index contributed by atoms with van der Waals surface area (Å²) in [6, 6.07) is 0. The molecule has 0 unspecified atom stereocenters. The number of nitrogens with one attached hydrogen (secondary N) is 1. The van der Waals surface area contributed by atoms with Gasteiger partial charge in [-0.1, -0.05) is 12.2 Å². The van der Waals surface area contributed by atoms with Gasteiger partial charge in [-0.25, -0.2) is 13.1 Å². The molecule has 0 aromatic rings. The normalized spacial score (nSPS) is 12.5. The van der Waals surface area contributed by atoms with Crippen LogP contribution in [0, 0.1) is 0 Å². The first-order chi connectivity index (χ1) is 5.62. The summed E-state index contributed by atoms with van der Waals surface area (Å²) in [5, 5.41) is 8.37. The van der Waals surface area contributed by atoms with Gasteiger partial charge in [-0.3, -0.25) is 0 Å². The van der Waals surface area contributed by atoms with Crippen LogP contribution in [-0.2, 0) is 10.0 Å². The number of aliphatic hydroxyl groups excluding tert-OH is 1. The maximum absolute atomic E-state index is 10.9. The first kappa shape index (κ1) is 11.6. The van der Waals surface area contributed by atoms with Crippen molar-refractivity contribution in [2.24, 2.45) is 0 Å². The smallest absolute Gasteiger partial charge is 0.213 e. The van der Waals surface area contributed by atoms with Gasteiger partial charge in [0.15, 0.2) is 0 Å². The summed E-state index contributed by atoms with van der Waals surface area (Å²) in [7, 11) is -3.25. The van der Waals surface area contributed by atoms with E-state index in [9.17, 15) is 8.42 Å². The molecule has 0 aromatic heterocycles. The third-order valence-corrected chi connectivity index (χ3v) is 2.59. The zero-order valence-electron chi connectivity index (χ0n) is 7.16. The molecule has 0 saturated heterocycles. The summed E-state index contributed by atoms with van der Waals surface area (Å²) in [5.74, 6) is -0.219. The first-order valence-electron chi connectivity index (χ1n) is 3.81. The molecule has 2 N–H and O–H groups in total. The molecule has 0 heterocycles. The molecule has 0 amide bonds. The van der Waals surface area contributed by atoms with Gasteiger partial charge in [-0.05, 0) is 13.3 Å². The van der Waals surface area contributed by atoms with Crippen molar-refractivity contribution in [1.29, 1.82) is 0 Å². The number of hydrogen-bond donors (Lipinski definition) is 2. The average Bonchev–Trinajstić information content (AvgIpc) is 1.98. The van der Waals surface area contributed by atoms with Gasteiger partial charge in [0, 0.05) is 6.54 Å². The van der Waals surface area contributed by atoms with E-state index < -0.39 is 10.0 Å². The molecule has 0 aromatic carbocycles. The zero-order valence-corrected chi connectivity index (χ0v) is 7.97. The monoisotopic (exact) mass is 193 g/mol. The van der Waals surface area contributed by atoms with E-state index in [1.54, 1.807) is 0 Å². The molecule has 0 atom stereocenters. The highest BCUT2D eigenvalue weighted by Crippen LogP contribution is 1.85. The molecule has 0 radical (unpaired) electrons. The molecule has 12 heavy (non-hydrogen) atoms. The van der Waals surface area contributed by atoms with Gasteiger partial charge in [-0.15, -0.1) is 0 Å². The van der Waals surface area contributed by atoms with Crippen LogP contribution in [0.5, 0.6) is 0 Å². The van der Waals surface area contributed by atoms with Crippen molar-refractivity contribution in [3.05, 3.63) is 12.2 Å². The van der Waals surface area contributed by atoms with E-state index in [1.807, 2.05) is 19.1 Å². The number of allylic oxidation sites excluding steroid dienone is 1. The van der Waals surface area contributed by atoms with E-state index in [-0.39, 0.29) is 12.4 Å². The maximum Gasteiger partial charge on any atom is 0.213 e. The molecule has 5 heteroatoms. The van der Waals surface area contributed by atoms with Gasteiger partial charge in [0.1, 0.15) is 0 Å². The van der Waals surface area contributed by atoms with Gasteiger partial charge < -0.3 is 5.11 Å². The summed E-state index contributed by atoms with van der Waals surface area (Å²) >= 11 is 0. The van der Waals surface area contributed by atoms with Crippen molar-refractivity contribution in [3.63, 3.8) is 0 Å². The lowest BCUT2D eigenvalue weighted by atomic mass is 10.4. The van der Waals surface area contributed by atoms with E-state index >= 15 is 0 Å². The van der Waals surface area contributed by atoms with Crippen LogP contribution in [0.2, 0.25) is 0 Å². The molecule has 0 aliphatic heterocycles. The highest BCUT2D eigenvalue weighted by molar-refractivity contribution is 7.89. The molecule has 0 bridgehead atoms. The standard InChI is InChI=1S/C7H15NO3S/c1-2-3-4-5-8-12(10,11)7-6-9/h2-3,8-9H,4-7H2,1H3/b3-2+. The minimum atomic E-state index is -3.25. The first-order valence-corrected chi connectivity index (χ1v) is 5.47. The fourth-order valence-corrected chi connectivity index (χ4v) is 1.47. The highest BCUT2D eigenvalue weighted by atomic mass is 32.2. The Morgan fingerprint density at radius 2 is 2.17 bits per heavy atom. The summed E-state index contributed by atoms with van der Waals surface area (Å²) in [4.78, 5) is 0. The second kappa shape index (κ2) is 6.16. The lowest BCUT2D eigenvalue weighted by molar-refractivity contribution is 0.319. The Morgan fingerprint density at radius 1 is 1.50 bits per heavy atom. The Bertz CT molecular complexity index is 221. The Kier molecular flexibility index (Phi) is 5.96. The van der Waals surface area contributed by atoms with Crippen LogP contribution >= 0.6 is 0 Å². The number of sulfonamides is 1. The summed E-state index contributed by atoms with van der Waals surface area (Å²) < 4.78 is 24.2. The van der Waals surface area contributed by atoms with Crippen LogP contribution in [0.25, 0.3) is 0 Å². The minimum absolute atomic E-state index is 0.219. The van der Waals surface area contributed by atoms with Crippen LogP contribution in [0.3, 0.4) is 0 Å². The van der Waals surface area contributed by atoms with Gasteiger partial charge in [0.05, 0.1) is 12.4 Å². The van der Waals surface area contributed by atoms with Gasteiger partial charge in [0.2, 0.25) is 10.0 Å². The van der Waals surface area contributed by atoms with Crippen LogP contribution in [0.4, 0.5) is 0 Å². The molecule has 0 saturated carbocycles. The van der Waals surface area contributed by atoms with Crippen molar-refractivity contribution >= 4 is 10.0 Å². The van der Waals surface area contributed by atoms with Crippen molar-refractivity contribution < 1.29 is 13.5 Å². The van der Waals surface area contributed by atoms with Gasteiger partial charge in [-0.2, -0.15) is 0 Å². The Morgan fingerprint density at radius 3 is 2.67 bits per heavy atom. The van der Waals surface area contributed by atoms with E-state index in [4.69, 9.17) is 5.11 Å². The maximum atomic E-state index is 10.9. The Labute approximate surface area is 73.3 Å². The zero-order chi connectivity index (χ0) is 9.45. The van der Waals surface area contributed by atoms with Crippen LogP contribution < -0.4 is 4.72 Å². The minimum Gasteiger partial charge on any atom is -0.395 e. The molecule has 0 rings (SSSR count).